The molecule has 1 aromatic carbocycles. The van der Waals surface area contributed by atoms with E-state index in [-0.39, 0.29) is 5.91 Å². The van der Waals surface area contributed by atoms with Crippen molar-refractivity contribution in [2.75, 3.05) is 0 Å². The second-order valence-electron chi connectivity index (χ2n) is 3.89. The highest BCUT2D eigenvalue weighted by molar-refractivity contribution is 5.79. The van der Waals surface area contributed by atoms with Crippen LogP contribution in [-0.4, -0.2) is 18.0 Å². The van der Waals surface area contributed by atoms with Crippen molar-refractivity contribution in [3.63, 3.8) is 0 Å². The Morgan fingerprint density at radius 2 is 2.06 bits per heavy atom. The summed E-state index contributed by atoms with van der Waals surface area (Å²) in [4.78, 5) is 25.0. The van der Waals surface area contributed by atoms with Crippen LogP contribution < -0.4 is 5.32 Å². The first kappa shape index (κ1) is 10.6. The van der Waals surface area contributed by atoms with E-state index in [2.05, 4.69) is 10.3 Å². The molecule has 16 heavy (non-hydrogen) atoms. The van der Waals surface area contributed by atoms with E-state index in [9.17, 15) is 9.59 Å². The van der Waals surface area contributed by atoms with E-state index < -0.39 is 0 Å². The third kappa shape index (κ3) is 3.04. The van der Waals surface area contributed by atoms with Crippen LogP contribution in [0.1, 0.15) is 18.4 Å². The molecule has 2 rings (SSSR count). The highest BCUT2D eigenvalue weighted by atomic mass is 16.1. The summed E-state index contributed by atoms with van der Waals surface area (Å²) >= 11 is 0. The fraction of sp³-hybridized carbons (Fsp3) is 0.333. The third-order valence-electron chi connectivity index (χ3n) is 2.42. The quantitative estimate of drug-likeness (QED) is 0.612. The number of hydrogen-bond donors (Lipinski definition) is 1. The number of amides is 1. The van der Waals surface area contributed by atoms with Gasteiger partial charge in [0.05, 0.1) is 12.1 Å². The standard InChI is InChI=1S/C12H12N2O2/c15-8-13-10-3-1-9(2-4-10)7-12(16)14-11-5-6-11/h1-4,11H,5-7H2,(H,14,16). The molecule has 1 saturated carbocycles. The van der Waals surface area contributed by atoms with Gasteiger partial charge >= 0.3 is 0 Å². The van der Waals surface area contributed by atoms with Gasteiger partial charge in [0.25, 0.3) is 0 Å². The Labute approximate surface area is 93.4 Å². The molecule has 0 aliphatic heterocycles. The van der Waals surface area contributed by atoms with Crippen molar-refractivity contribution in [3.05, 3.63) is 29.8 Å². The molecule has 1 aliphatic carbocycles. The Kier molecular flexibility index (Phi) is 3.13. The normalized spacial score (nSPS) is 14.0. The van der Waals surface area contributed by atoms with Crippen molar-refractivity contribution < 1.29 is 9.59 Å². The largest absolute Gasteiger partial charge is 0.353 e. The Morgan fingerprint density at radius 3 is 2.62 bits per heavy atom. The van der Waals surface area contributed by atoms with E-state index in [1.807, 2.05) is 0 Å². The summed E-state index contributed by atoms with van der Waals surface area (Å²) in [5.74, 6) is 0.0501. The minimum atomic E-state index is 0.0501. The van der Waals surface area contributed by atoms with Crippen LogP contribution >= 0.6 is 0 Å². The average Bonchev–Trinajstić information content (AvgIpc) is 3.05. The molecule has 4 heteroatoms. The summed E-state index contributed by atoms with van der Waals surface area (Å²) in [7, 11) is 0. The van der Waals surface area contributed by atoms with Crippen LogP contribution in [-0.2, 0) is 16.0 Å². The minimum absolute atomic E-state index is 0.0501. The minimum Gasteiger partial charge on any atom is -0.353 e. The first-order valence-electron chi connectivity index (χ1n) is 5.24. The van der Waals surface area contributed by atoms with E-state index in [1.54, 1.807) is 24.3 Å². The molecular weight excluding hydrogens is 204 g/mol. The number of isocyanates is 1. The molecule has 4 nitrogen and oxygen atoms in total. The number of benzene rings is 1. The highest BCUT2D eigenvalue weighted by Gasteiger charge is 2.22. The number of rotatable bonds is 4. The summed E-state index contributed by atoms with van der Waals surface area (Å²) in [6.45, 7) is 0. The van der Waals surface area contributed by atoms with E-state index in [0.29, 0.717) is 18.2 Å². The maximum atomic E-state index is 11.5. The fourth-order valence-electron chi connectivity index (χ4n) is 1.43. The summed E-state index contributed by atoms with van der Waals surface area (Å²) in [6, 6.07) is 7.38. The second kappa shape index (κ2) is 4.73. The predicted octanol–water partition coefficient (Wildman–Crippen LogP) is 1.48. The maximum Gasteiger partial charge on any atom is 0.240 e. The van der Waals surface area contributed by atoms with Gasteiger partial charge in [0.1, 0.15) is 0 Å². The molecule has 0 radical (unpaired) electrons. The topological polar surface area (TPSA) is 58.5 Å². The van der Waals surface area contributed by atoms with Gasteiger partial charge in [-0.05, 0) is 30.5 Å². The van der Waals surface area contributed by atoms with Crippen molar-refractivity contribution >= 4 is 17.7 Å². The van der Waals surface area contributed by atoms with Crippen LogP contribution in [0.4, 0.5) is 5.69 Å². The molecule has 1 fully saturated rings. The maximum absolute atomic E-state index is 11.5. The van der Waals surface area contributed by atoms with Crippen LogP contribution in [0.15, 0.2) is 29.3 Å². The molecule has 0 spiro atoms. The van der Waals surface area contributed by atoms with Gasteiger partial charge in [-0.25, -0.2) is 4.79 Å². The van der Waals surface area contributed by atoms with E-state index in [1.165, 1.54) is 6.08 Å². The van der Waals surface area contributed by atoms with Gasteiger partial charge < -0.3 is 5.32 Å². The number of hydrogen-bond acceptors (Lipinski definition) is 3. The zero-order valence-corrected chi connectivity index (χ0v) is 8.77. The Morgan fingerprint density at radius 1 is 1.38 bits per heavy atom. The van der Waals surface area contributed by atoms with Crippen molar-refractivity contribution in [3.8, 4) is 0 Å². The van der Waals surface area contributed by atoms with Crippen LogP contribution in [0.5, 0.6) is 0 Å². The van der Waals surface area contributed by atoms with E-state index >= 15 is 0 Å². The Hall–Kier alpha value is -1.93. The molecule has 1 N–H and O–H groups in total. The van der Waals surface area contributed by atoms with Gasteiger partial charge in [0.2, 0.25) is 12.0 Å². The lowest BCUT2D eigenvalue weighted by atomic mass is 10.1. The Bertz CT molecular complexity index is 429. The summed E-state index contributed by atoms with van der Waals surface area (Å²) in [5.41, 5.74) is 1.48. The van der Waals surface area contributed by atoms with Gasteiger partial charge in [-0.2, -0.15) is 4.99 Å². The molecule has 1 aliphatic rings. The summed E-state index contributed by atoms with van der Waals surface area (Å²) < 4.78 is 0. The SMILES string of the molecule is O=C=Nc1ccc(CC(=O)NC2CC2)cc1. The number of carbonyl (C=O) groups excluding carboxylic acids is 2. The smallest absolute Gasteiger partial charge is 0.240 e. The third-order valence-corrected chi connectivity index (χ3v) is 2.42. The van der Waals surface area contributed by atoms with Crippen LogP contribution in [0.3, 0.4) is 0 Å². The Balaban J connectivity index is 1.93. The number of aliphatic imine (C=N–C) groups is 1. The second-order valence-corrected chi connectivity index (χ2v) is 3.89. The molecule has 1 aromatic rings. The first-order chi connectivity index (χ1) is 7.78. The zero-order valence-electron chi connectivity index (χ0n) is 8.77. The van der Waals surface area contributed by atoms with Gasteiger partial charge in [-0.15, -0.1) is 0 Å². The van der Waals surface area contributed by atoms with Crippen molar-refractivity contribution in [1.29, 1.82) is 0 Å². The van der Waals surface area contributed by atoms with Crippen LogP contribution in [0.25, 0.3) is 0 Å². The highest BCUT2D eigenvalue weighted by Crippen LogP contribution is 2.19. The average molecular weight is 216 g/mol. The van der Waals surface area contributed by atoms with Gasteiger partial charge in [0.15, 0.2) is 0 Å². The lowest BCUT2D eigenvalue weighted by Gasteiger charge is -2.03. The molecule has 0 bridgehead atoms. The zero-order chi connectivity index (χ0) is 11.4. The monoisotopic (exact) mass is 216 g/mol. The number of nitrogens with one attached hydrogen (secondary N) is 1. The first-order valence-corrected chi connectivity index (χ1v) is 5.24. The van der Waals surface area contributed by atoms with Gasteiger partial charge in [-0.3, -0.25) is 4.79 Å². The van der Waals surface area contributed by atoms with E-state index in [4.69, 9.17) is 0 Å². The number of nitrogens with zero attached hydrogens (tertiary/aromatic N) is 1. The lowest BCUT2D eigenvalue weighted by molar-refractivity contribution is -0.120. The van der Waals surface area contributed by atoms with Crippen LogP contribution in [0.2, 0.25) is 0 Å². The van der Waals surface area contributed by atoms with Gasteiger partial charge in [-0.1, -0.05) is 12.1 Å². The van der Waals surface area contributed by atoms with Crippen molar-refractivity contribution in [2.24, 2.45) is 4.99 Å². The fourth-order valence-corrected chi connectivity index (χ4v) is 1.43. The van der Waals surface area contributed by atoms with Gasteiger partial charge in [0, 0.05) is 6.04 Å². The summed E-state index contributed by atoms with van der Waals surface area (Å²) in [6.07, 6.45) is 4.04. The lowest BCUT2D eigenvalue weighted by Crippen LogP contribution is -2.26. The van der Waals surface area contributed by atoms with Crippen LogP contribution in [0, 0.1) is 0 Å². The molecule has 82 valence electrons. The molecule has 1 amide bonds. The molecule has 0 saturated heterocycles. The summed E-state index contributed by atoms with van der Waals surface area (Å²) in [5, 5.41) is 2.92. The molecule has 0 atom stereocenters. The van der Waals surface area contributed by atoms with Crippen molar-refractivity contribution in [1.82, 2.24) is 5.32 Å². The molecular formula is C12H12N2O2. The number of carbonyl (C=O) groups is 1. The molecule has 0 aromatic heterocycles. The molecule has 0 unspecified atom stereocenters. The van der Waals surface area contributed by atoms with E-state index in [0.717, 1.165) is 18.4 Å². The van der Waals surface area contributed by atoms with Crippen molar-refractivity contribution in [2.45, 2.75) is 25.3 Å². The predicted molar refractivity (Wildman–Crippen MR) is 59.1 cm³/mol. The molecule has 0 heterocycles.